The average molecular weight is 347 g/mol. The summed E-state index contributed by atoms with van der Waals surface area (Å²) in [6.45, 7) is 1.65. The van der Waals surface area contributed by atoms with Crippen LogP contribution in [0.2, 0.25) is 5.02 Å². The van der Waals surface area contributed by atoms with Crippen molar-refractivity contribution in [2.75, 3.05) is 18.0 Å². The molecular weight excluding hydrogens is 324 g/mol. The third-order valence-electron chi connectivity index (χ3n) is 4.47. The van der Waals surface area contributed by atoms with Crippen LogP contribution in [0, 0.1) is 0 Å². The van der Waals surface area contributed by atoms with Gasteiger partial charge >= 0.3 is 0 Å². The first-order chi connectivity index (χ1) is 11.6. The lowest BCUT2D eigenvalue weighted by molar-refractivity contribution is 0.185. The van der Waals surface area contributed by atoms with Crippen molar-refractivity contribution in [3.05, 3.63) is 40.7 Å². The van der Waals surface area contributed by atoms with Gasteiger partial charge in [0.15, 0.2) is 0 Å². The molecule has 1 fully saturated rings. The third kappa shape index (κ3) is 4.33. The number of anilines is 2. The smallest absolute Gasteiger partial charge is 0.225 e. The van der Waals surface area contributed by atoms with Crippen LogP contribution in [0.15, 0.2) is 24.3 Å². The minimum absolute atomic E-state index is 0.176. The predicted octanol–water partition coefficient (Wildman–Crippen LogP) is 2.68. The molecular formula is C17H23ClN6. The highest BCUT2D eigenvalue weighted by Gasteiger charge is 2.23. The number of likely N-dealkylation sites (tertiary alicyclic amines) is 1. The van der Waals surface area contributed by atoms with Gasteiger partial charge in [-0.25, -0.2) is 0 Å². The molecule has 1 aliphatic rings. The van der Waals surface area contributed by atoms with Gasteiger partial charge in [-0.2, -0.15) is 15.0 Å². The molecule has 0 bridgehead atoms. The molecule has 7 heteroatoms. The van der Waals surface area contributed by atoms with Gasteiger partial charge in [0.2, 0.25) is 11.9 Å². The molecule has 4 N–H and O–H groups in total. The fraction of sp³-hybridized carbons (Fsp3) is 0.471. The number of aromatic nitrogens is 3. The van der Waals surface area contributed by atoms with Crippen LogP contribution in [0.1, 0.15) is 37.1 Å². The maximum absolute atomic E-state index is 6.35. The van der Waals surface area contributed by atoms with Crippen LogP contribution in [0.3, 0.4) is 0 Å². The van der Waals surface area contributed by atoms with Gasteiger partial charge in [0.05, 0.1) is 6.54 Å². The van der Waals surface area contributed by atoms with Gasteiger partial charge in [-0.3, -0.25) is 4.90 Å². The van der Waals surface area contributed by atoms with Gasteiger partial charge in [0, 0.05) is 11.1 Å². The number of halogens is 1. The maximum atomic E-state index is 6.35. The van der Waals surface area contributed by atoms with Crippen LogP contribution in [-0.4, -0.2) is 32.4 Å². The zero-order valence-electron chi connectivity index (χ0n) is 13.7. The normalized spacial score (nSPS) is 19.1. The summed E-state index contributed by atoms with van der Waals surface area (Å²) < 4.78 is 0. The number of hydrogen-bond acceptors (Lipinski definition) is 6. The zero-order chi connectivity index (χ0) is 16.9. The monoisotopic (exact) mass is 346 g/mol. The Kier molecular flexibility index (Phi) is 5.48. The van der Waals surface area contributed by atoms with E-state index < -0.39 is 0 Å². The van der Waals surface area contributed by atoms with Gasteiger partial charge in [0.1, 0.15) is 5.82 Å². The Labute approximate surface area is 147 Å². The number of hydrogen-bond donors (Lipinski definition) is 2. The Balaban J connectivity index is 1.78. The van der Waals surface area contributed by atoms with Crippen LogP contribution in [0.5, 0.6) is 0 Å². The fourth-order valence-corrected chi connectivity index (χ4v) is 3.52. The van der Waals surface area contributed by atoms with Gasteiger partial charge < -0.3 is 11.5 Å². The van der Waals surface area contributed by atoms with Crippen LogP contribution in [0.25, 0.3) is 0 Å². The second kappa shape index (κ2) is 7.77. The predicted molar refractivity (Wildman–Crippen MR) is 96.5 cm³/mol. The molecule has 0 spiro atoms. The number of rotatable bonds is 4. The SMILES string of the molecule is Nc1nc(N)nc(CN2CCCCCC2Cc2ccccc2Cl)n1. The standard InChI is InChI=1S/C17H23ClN6/c18-14-8-4-3-6-12(14)10-13-7-2-1-5-9-24(13)11-15-21-16(19)23-17(20)22-15/h3-4,6,8,13H,1-2,5,7,9-11H2,(H4,19,20,21,22,23). The molecule has 1 aliphatic heterocycles. The van der Waals surface area contributed by atoms with Crippen molar-refractivity contribution in [1.82, 2.24) is 19.9 Å². The van der Waals surface area contributed by atoms with Crippen LogP contribution in [-0.2, 0) is 13.0 Å². The van der Waals surface area contributed by atoms with Gasteiger partial charge in [-0.15, -0.1) is 0 Å². The first kappa shape index (κ1) is 16.9. The highest BCUT2D eigenvalue weighted by Crippen LogP contribution is 2.25. The summed E-state index contributed by atoms with van der Waals surface area (Å²) in [5.41, 5.74) is 12.6. The summed E-state index contributed by atoms with van der Waals surface area (Å²) in [5.74, 6) is 0.982. The molecule has 1 saturated heterocycles. The second-order valence-electron chi connectivity index (χ2n) is 6.24. The Bertz CT molecular complexity index is 672. The summed E-state index contributed by atoms with van der Waals surface area (Å²) in [4.78, 5) is 14.7. The van der Waals surface area contributed by atoms with Crippen molar-refractivity contribution in [1.29, 1.82) is 0 Å². The third-order valence-corrected chi connectivity index (χ3v) is 4.84. The molecule has 1 atom stereocenters. The molecule has 1 aromatic heterocycles. The van der Waals surface area contributed by atoms with Crippen LogP contribution >= 0.6 is 11.6 Å². The van der Waals surface area contributed by atoms with Crippen molar-refractivity contribution in [3.8, 4) is 0 Å². The van der Waals surface area contributed by atoms with Crippen LogP contribution < -0.4 is 11.5 Å². The number of nitrogen functional groups attached to an aromatic ring is 2. The summed E-state index contributed by atoms with van der Waals surface area (Å²) in [6.07, 6.45) is 5.72. The van der Waals surface area contributed by atoms with E-state index >= 15 is 0 Å². The number of nitrogens with two attached hydrogens (primary N) is 2. The molecule has 1 unspecified atom stereocenters. The summed E-state index contributed by atoms with van der Waals surface area (Å²) in [7, 11) is 0. The quantitative estimate of drug-likeness (QED) is 0.883. The van der Waals surface area contributed by atoms with Crippen LogP contribution in [0.4, 0.5) is 11.9 Å². The first-order valence-electron chi connectivity index (χ1n) is 8.35. The van der Waals surface area contributed by atoms with E-state index in [1.165, 1.54) is 24.8 Å². The Morgan fingerprint density at radius 1 is 1.04 bits per heavy atom. The van der Waals surface area contributed by atoms with Crippen molar-refractivity contribution in [2.24, 2.45) is 0 Å². The van der Waals surface area contributed by atoms with Gasteiger partial charge in [-0.1, -0.05) is 42.6 Å². The van der Waals surface area contributed by atoms with Crippen molar-refractivity contribution < 1.29 is 0 Å². The van der Waals surface area contributed by atoms with E-state index in [1.54, 1.807) is 0 Å². The minimum Gasteiger partial charge on any atom is -0.368 e. The fourth-order valence-electron chi connectivity index (χ4n) is 3.30. The molecule has 1 aromatic carbocycles. The van der Waals surface area contributed by atoms with E-state index in [9.17, 15) is 0 Å². The molecule has 3 rings (SSSR count). The summed E-state index contributed by atoms with van der Waals surface area (Å²) >= 11 is 6.35. The number of nitrogens with zero attached hydrogens (tertiary/aromatic N) is 4. The van der Waals surface area contributed by atoms with E-state index in [2.05, 4.69) is 25.9 Å². The van der Waals surface area contributed by atoms with E-state index in [-0.39, 0.29) is 11.9 Å². The molecule has 0 amide bonds. The van der Waals surface area contributed by atoms with Crippen molar-refractivity contribution >= 4 is 23.5 Å². The molecule has 0 radical (unpaired) electrons. The van der Waals surface area contributed by atoms with E-state index in [0.717, 1.165) is 24.4 Å². The van der Waals surface area contributed by atoms with Gasteiger partial charge in [0.25, 0.3) is 0 Å². The Morgan fingerprint density at radius 2 is 1.79 bits per heavy atom. The summed E-state index contributed by atoms with van der Waals surface area (Å²) in [6, 6.07) is 8.46. The lowest BCUT2D eigenvalue weighted by Gasteiger charge is -2.29. The average Bonchev–Trinajstić information content (AvgIpc) is 2.74. The molecule has 6 nitrogen and oxygen atoms in total. The Hall–Kier alpha value is -1.92. The van der Waals surface area contributed by atoms with E-state index in [4.69, 9.17) is 23.1 Å². The molecule has 128 valence electrons. The maximum Gasteiger partial charge on any atom is 0.225 e. The van der Waals surface area contributed by atoms with Crippen molar-refractivity contribution in [2.45, 2.75) is 44.7 Å². The lowest BCUT2D eigenvalue weighted by atomic mass is 10.0. The molecule has 2 aromatic rings. The largest absolute Gasteiger partial charge is 0.368 e. The lowest BCUT2D eigenvalue weighted by Crippen LogP contribution is -2.36. The number of benzene rings is 1. The van der Waals surface area contributed by atoms with Gasteiger partial charge in [-0.05, 0) is 37.4 Å². The second-order valence-corrected chi connectivity index (χ2v) is 6.64. The highest BCUT2D eigenvalue weighted by molar-refractivity contribution is 6.31. The Morgan fingerprint density at radius 3 is 2.54 bits per heavy atom. The molecule has 0 aliphatic carbocycles. The highest BCUT2D eigenvalue weighted by atomic mass is 35.5. The molecule has 2 heterocycles. The zero-order valence-corrected chi connectivity index (χ0v) is 14.4. The topological polar surface area (TPSA) is 93.9 Å². The minimum atomic E-state index is 0.176. The summed E-state index contributed by atoms with van der Waals surface area (Å²) in [5, 5.41) is 0.829. The van der Waals surface area contributed by atoms with E-state index in [0.29, 0.717) is 18.4 Å². The van der Waals surface area contributed by atoms with E-state index in [1.807, 2.05) is 18.2 Å². The molecule has 24 heavy (non-hydrogen) atoms. The first-order valence-corrected chi connectivity index (χ1v) is 8.73. The molecule has 0 saturated carbocycles. The van der Waals surface area contributed by atoms with Crippen molar-refractivity contribution in [3.63, 3.8) is 0 Å².